The van der Waals surface area contributed by atoms with Gasteiger partial charge in [0.05, 0.1) is 0 Å². The molecule has 0 aliphatic carbocycles. The molecule has 0 aliphatic rings. The third kappa shape index (κ3) is 10.1. The van der Waals surface area contributed by atoms with E-state index in [-0.39, 0.29) is 24.0 Å². The molecule has 0 unspecified atom stereocenters. The van der Waals surface area contributed by atoms with Gasteiger partial charge in [0.1, 0.15) is 7.05 Å². The third-order valence-electron chi connectivity index (χ3n) is 3.08. The first-order valence-electron chi connectivity index (χ1n) is 7.01. The highest BCUT2D eigenvalue weighted by Gasteiger charge is 1.95. The topological polar surface area (TPSA) is 25.1 Å². The zero-order valence-electron chi connectivity index (χ0n) is 12.2. The second kappa shape index (κ2) is 12.7. The van der Waals surface area contributed by atoms with Gasteiger partial charge in [0.2, 0.25) is 0 Å². The normalized spacial score (nSPS) is 10.0. The third-order valence-corrected chi connectivity index (χ3v) is 3.08. The van der Waals surface area contributed by atoms with Crippen molar-refractivity contribution in [1.29, 1.82) is 0 Å². The van der Waals surface area contributed by atoms with Crippen LogP contribution in [0.5, 0.6) is 0 Å². The summed E-state index contributed by atoms with van der Waals surface area (Å²) >= 11 is 0. The summed E-state index contributed by atoms with van der Waals surface area (Å²) in [5.74, 6) is 0. The minimum absolute atomic E-state index is 0. The molecule has 110 valence electrons. The second-order valence-electron chi connectivity index (χ2n) is 4.79. The SMILES string of the molecule is COCCCCCCCCNc1cc[n+](C)cc1.[I-]. The van der Waals surface area contributed by atoms with Gasteiger partial charge in [-0.05, 0) is 12.8 Å². The standard InChI is InChI=1S/C15H26N2O.HI/c1-17-12-9-15(10-13-17)16-11-7-5-3-4-6-8-14-18-2;/h9-10,12-13H,3-8,11,14H2,1-2H3;1H. The molecule has 0 fully saturated rings. The van der Waals surface area contributed by atoms with Crippen LogP contribution in [-0.2, 0) is 11.8 Å². The van der Waals surface area contributed by atoms with Crippen LogP contribution in [0.15, 0.2) is 24.5 Å². The van der Waals surface area contributed by atoms with E-state index in [4.69, 9.17) is 4.74 Å². The lowest BCUT2D eigenvalue weighted by Crippen LogP contribution is -3.00. The van der Waals surface area contributed by atoms with Crippen molar-refractivity contribution in [3.63, 3.8) is 0 Å². The summed E-state index contributed by atoms with van der Waals surface area (Å²) in [6.45, 7) is 1.98. The van der Waals surface area contributed by atoms with Crippen molar-refractivity contribution < 1.29 is 33.3 Å². The molecule has 0 saturated carbocycles. The van der Waals surface area contributed by atoms with E-state index in [1.165, 1.54) is 44.2 Å². The summed E-state index contributed by atoms with van der Waals surface area (Å²) in [4.78, 5) is 0. The number of nitrogens with zero attached hydrogens (tertiary/aromatic N) is 1. The maximum atomic E-state index is 5.03. The van der Waals surface area contributed by atoms with Crippen molar-refractivity contribution >= 4 is 5.69 Å². The molecule has 1 rings (SSSR count). The number of methoxy groups -OCH3 is 1. The van der Waals surface area contributed by atoms with E-state index in [0.29, 0.717) is 0 Å². The average molecular weight is 378 g/mol. The van der Waals surface area contributed by atoms with E-state index in [0.717, 1.165) is 13.2 Å². The Morgan fingerprint density at radius 2 is 1.58 bits per heavy atom. The number of pyridine rings is 1. The van der Waals surface area contributed by atoms with E-state index in [2.05, 4.69) is 29.8 Å². The summed E-state index contributed by atoms with van der Waals surface area (Å²) in [5.41, 5.74) is 1.22. The Hall–Kier alpha value is -0.360. The number of halogens is 1. The molecule has 0 radical (unpaired) electrons. The van der Waals surface area contributed by atoms with Crippen molar-refractivity contribution in [2.75, 3.05) is 25.6 Å². The molecular formula is C15H27IN2O. The van der Waals surface area contributed by atoms with Gasteiger partial charge in [-0.3, -0.25) is 0 Å². The number of aryl methyl sites for hydroxylation is 1. The van der Waals surface area contributed by atoms with Crippen LogP contribution < -0.4 is 33.9 Å². The van der Waals surface area contributed by atoms with Crippen molar-refractivity contribution in [2.45, 2.75) is 38.5 Å². The molecule has 1 aromatic heterocycles. The number of nitrogens with one attached hydrogen (secondary N) is 1. The highest BCUT2D eigenvalue weighted by molar-refractivity contribution is 5.39. The summed E-state index contributed by atoms with van der Waals surface area (Å²) in [5, 5.41) is 3.45. The molecule has 3 nitrogen and oxygen atoms in total. The number of ether oxygens (including phenoxy) is 1. The fourth-order valence-electron chi connectivity index (χ4n) is 1.93. The summed E-state index contributed by atoms with van der Waals surface area (Å²) in [6.07, 6.45) is 11.9. The smallest absolute Gasteiger partial charge is 0.170 e. The predicted molar refractivity (Wildman–Crippen MR) is 75.7 cm³/mol. The first-order valence-corrected chi connectivity index (χ1v) is 7.01. The van der Waals surface area contributed by atoms with Gasteiger partial charge in [-0.25, -0.2) is 4.57 Å². The number of aromatic nitrogens is 1. The molecule has 0 saturated heterocycles. The molecule has 0 bridgehead atoms. The zero-order valence-corrected chi connectivity index (χ0v) is 14.4. The van der Waals surface area contributed by atoms with E-state index in [1.807, 2.05) is 11.6 Å². The maximum Gasteiger partial charge on any atom is 0.170 e. The van der Waals surface area contributed by atoms with E-state index < -0.39 is 0 Å². The van der Waals surface area contributed by atoms with E-state index in [9.17, 15) is 0 Å². The number of rotatable bonds is 10. The molecule has 0 amide bonds. The number of unbranched alkanes of at least 4 members (excludes halogenated alkanes) is 5. The molecule has 1 heterocycles. The van der Waals surface area contributed by atoms with Crippen molar-refractivity contribution in [2.24, 2.45) is 7.05 Å². The van der Waals surface area contributed by atoms with E-state index >= 15 is 0 Å². The van der Waals surface area contributed by atoms with Gasteiger partial charge >= 0.3 is 0 Å². The molecule has 0 atom stereocenters. The highest BCUT2D eigenvalue weighted by Crippen LogP contribution is 2.07. The molecule has 1 N–H and O–H groups in total. The molecule has 19 heavy (non-hydrogen) atoms. The van der Waals surface area contributed by atoms with Crippen LogP contribution >= 0.6 is 0 Å². The lowest BCUT2D eigenvalue weighted by atomic mass is 10.1. The molecule has 4 heteroatoms. The van der Waals surface area contributed by atoms with Gasteiger partial charge in [0.15, 0.2) is 12.4 Å². The lowest BCUT2D eigenvalue weighted by Gasteiger charge is -2.05. The quantitative estimate of drug-likeness (QED) is 0.350. The molecule has 0 aromatic carbocycles. The number of hydrogen-bond donors (Lipinski definition) is 1. The molecule has 0 aliphatic heterocycles. The number of hydrogen-bond acceptors (Lipinski definition) is 2. The van der Waals surface area contributed by atoms with Crippen LogP contribution in [0.4, 0.5) is 5.69 Å². The van der Waals surface area contributed by atoms with Crippen molar-refractivity contribution in [3.8, 4) is 0 Å². The Balaban J connectivity index is 0.00000324. The van der Waals surface area contributed by atoms with Crippen LogP contribution in [0.1, 0.15) is 38.5 Å². The zero-order chi connectivity index (χ0) is 13.1. The average Bonchev–Trinajstić information content (AvgIpc) is 2.39. The Morgan fingerprint density at radius 3 is 2.21 bits per heavy atom. The first kappa shape index (κ1) is 18.6. The monoisotopic (exact) mass is 378 g/mol. The molecular weight excluding hydrogens is 351 g/mol. The van der Waals surface area contributed by atoms with Crippen LogP contribution in [0, 0.1) is 0 Å². The van der Waals surface area contributed by atoms with E-state index in [1.54, 1.807) is 7.11 Å². The predicted octanol–water partition coefficient (Wildman–Crippen LogP) is -0.0860. The summed E-state index contributed by atoms with van der Waals surface area (Å²) < 4.78 is 7.08. The van der Waals surface area contributed by atoms with Gasteiger partial charge in [-0.2, -0.15) is 0 Å². The fraction of sp³-hybridized carbons (Fsp3) is 0.667. The van der Waals surface area contributed by atoms with Crippen LogP contribution in [-0.4, -0.2) is 20.3 Å². The number of anilines is 1. The van der Waals surface area contributed by atoms with Crippen molar-refractivity contribution in [1.82, 2.24) is 0 Å². The molecule has 1 aromatic rings. The van der Waals surface area contributed by atoms with Crippen LogP contribution in [0.3, 0.4) is 0 Å². The second-order valence-corrected chi connectivity index (χ2v) is 4.79. The fourth-order valence-corrected chi connectivity index (χ4v) is 1.93. The van der Waals surface area contributed by atoms with Gasteiger partial charge < -0.3 is 34.0 Å². The van der Waals surface area contributed by atoms with Crippen molar-refractivity contribution in [3.05, 3.63) is 24.5 Å². The Morgan fingerprint density at radius 1 is 1.00 bits per heavy atom. The summed E-state index contributed by atoms with van der Waals surface area (Å²) in [7, 11) is 3.81. The highest BCUT2D eigenvalue weighted by atomic mass is 127. The Bertz CT molecular complexity index is 304. The minimum atomic E-state index is 0. The first-order chi connectivity index (χ1) is 8.83. The van der Waals surface area contributed by atoms with Gasteiger partial charge in [-0.15, -0.1) is 0 Å². The molecule has 0 spiro atoms. The van der Waals surface area contributed by atoms with Crippen LogP contribution in [0.25, 0.3) is 0 Å². The van der Waals surface area contributed by atoms with Gasteiger partial charge in [-0.1, -0.05) is 25.7 Å². The minimum Gasteiger partial charge on any atom is -1.00 e. The van der Waals surface area contributed by atoms with Gasteiger partial charge in [0.25, 0.3) is 0 Å². The maximum absolute atomic E-state index is 5.03. The van der Waals surface area contributed by atoms with Crippen LogP contribution in [0.2, 0.25) is 0 Å². The lowest BCUT2D eigenvalue weighted by molar-refractivity contribution is -0.671. The Labute approximate surface area is 134 Å². The Kier molecular flexibility index (Phi) is 12.4. The van der Waals surface area contributed by atoms with Gasteiger partial charge in [0, 0.05) is 38.1 Å². The summed E-state index contributed by atoms with van der Waals surface area (Å²) in [6, 6.07) is 4.23. The largest absolute Gasteiger partial charge is 1.00 e.